The molecule has 0 aromatic heterocycles. The smallest absolute Gasteiger partial charge is 0.283 e. The molecule has 0 radical (unpaired) electrons. The summed E-state index contributed by atoms with van der Waals surface area (Å²) in [5.74, 6) is -0.0689. The van der Waals surface area contributed by atoms with Crippen LogP contribution in [0.3, 0.4) is 0 Å². The fourth-order valence-electron chi connectivity index (χ4n) is 3.65. The summed E-state index contributed by atoms with van der Waals surface area (Å²) in [6, 6.07) is 13.0. The summed E-state index contributed by atoms with van der Waals surface area (Å²) in [6.07, 6.45) is 1.68. The lowest BCUT2D eigenvalue weighted by atomic mass is 10.2. The monoisotopic (exact) mass is 503 g/mol. The van der Waals surface area contributed by atoms with Crippen molar-refractivity contribution in [3.63, 3.8) is 0 Å². The summed E-state index contributed by atoms with van der Waals surface area (Å²) < 4.78 is 0. The number of aryl methyl sites for hydroxylation is 1. The number of hydrogen-bond acceptors (Lipinski definition) is 4. The minimum atomic E-state index is -0.260. The molecule has 2 aromatic carbocycles. The lowest BCUT2D eigenvalue weighted by Gasteiger charge is -2.30. The van der Waals surface area contributed by atoms with Crippen LogP contribution in [0.25, 0.3) is 6.08 Å². The minimum absolute atomic E-state index is 0.00548. The van der Waals surface area contributed by atoms with Gasteiger partial charge in [-0.05, 0) is 70.5 Å². The van der Waals surface area contributed by atoms with E-state index >= 15 is 0 Å². The molecule has 1 heterocycles. The number of amidine groups is 1. The highest BCUT2D eigenvalue weighted by Gasteiger charge is 2.33. The Kier molecular flexibility index (Phi) is 8.27. The van der Waals surface area contributed by atoms with E-state index in [2.05, 4.69) is 4.99 Å². The number of aliphatic imine (C=N–C) groups is 1. The first-order chi connectivity index (χ1) is 15.6. The number of hydrogen-bond donors (Lipinski definition) is 0. The van der Waals surface area contributed by atoms with Gasteiger partial charge in [0.15, 0.2) is 5.17 Å². The fourth-order valence-corrected chi connectivity index (χ4v) is 4.84. The van der Waals surface area contributed by atoms with Crippen LogP contribution in [-0.2, 0) is 9.59 Å². The second-order valence-electron chi connectivity index (χ2n) is 8.35. The molecule has 0 N–H and O–H groups in total. The van der Waals surface area contributed by atoms with Crippen LogP contribution in [0.15, 0.2) is 53.2 Å². The van der Waals surface area contributed by atoms with E-state index in [0.717, 1.165) is 5.56 Å². The van der Waals surface area contributed by atoms with Gasteiger partial charge in [0, 0.05) is 12.1 Å². The molecule has 2 aromatic rings. The van der Waals surface area contributed by atoms with Crippen molar-refractivity contribution in [1.82, 2.24) is 4.90 Å². The Morgan fingerprint density at radius 1 is 1.06 bits per heavy atom. The molecule has 0 bridgehead atoms. The largest absolute Gasteiger partial charge is 0.337 e. The molecule has 0 saturated carbocycles. The molecule has 5 nitrogen and oxygen atoms in total. The zero-order valence-corrected chi connectivity index (χ0v) is 21.6. The van der Waals surface area contributed by atoms with Gasteiger partial charge < -0.3 is 4.90 Å². The van der Waals surface area contributed by atoms with Crippen LogP contribution in [0.2, 0.25) is 10.0 Å². The first-order valence-corrected chi connectivity index (χ1v) is 12.4. The predicted molar refractivity (Wildman–Crippen MR) is 140 cm³/mol. The molecule has 2 amide bonds. The number of anilines is 1. The highest BCUT2D eigenvalue weighted by Crippen LogP contribution is 2.31. The number of amides is 2. The molecule has 1 aliphatic heterocycles. The van der Waals surface area contributed by atoms with E-state index in [1.807, 2.05) is 63.8 Å². The Morgan fingerprint density at radius 3 is 2.27 bits per heavy atom. The highest BCUT2D eigenvalue weighted by molar-refractivity contribution is 8.14. The molecule has 0 fully saturated rings. The van der Waals surface area contributed by atoms with Gasteiger partial charge in [-0.1, -0.05) is 58.7 Å². The predicted octanol–water partition coefficient (Wildman–Crippen LogP) is 6.42. The number of benzene rings is 2. The molecule has 0 saturated heterocycles. The number of rotatable bonds is 6. The van der Waals surface area contributed by atoms with Crippen molar-refractivity contribution in [1.29, 1.82) is 0 Å². The molecule has 0 unspecified atom stereocenters. The van der Waals surface area contributed by atoms with Crippen molar-refractivity contribution in [3.8, 4) is 0 Å². The molecule has 3 rings (SSSR count). The number of carbonyl (C=O) groups excluding carboxylic acids is 2. The van der Waals surface area contributed by atoms with Crippen molar-refractivity contribution >= 4 is 63.7 Å². The Morgan fingerprint density at radius 2 is 1.70 bits per heavy atom. The Labute approximate surface area is 209 Å². The van der Waals surface area contributed by atoms with E-state index in [1.54, 1.807) is 29.2 Å². The summed E-state index contributed by atoms with van der Waals surface area (Å²) >= 11 is 13.4. The van der Waals surface area contributed by atoms with E-state index in [1.165, 1.54) is 11.8 Å². The van der Waals surface area contributed by atoms with Crippen LogP contribution in [0.4, 0.5) is 5.69 Å². The normalized spacial score (nSPS) is 15.1. The first kappa shape index (κ1) is 25.3. The molecule has 0 spiro atoms. The molecule has 33 heavy (non-hydrogen) atoms. The van der Waals surface area contributed by atoms with Crippen LogP contribution >= 0.6 is 35.0 Å². The second-order valence-corrected chi connectivity index (χ2v) is 10.1. The zero-order chi connectivity index (χ0) is 24.3. The summed E-state index contributed by atoms with van der Waals surface area (Å²) in [5, 5.41) is 1.31. The number of carbonyl (C=O) groups is 2. The average Bonchev–Trinajstić information content (AvgIpc) is 3.04. The lowest BCUT2D eigenvalue weighted by molar-refractivity contribution is -0.131. The van der Waals surface area contributed by atoms with Crippen molar-refractivity contribution < 1.29 is 9.59 Å². The Balaban J connectivity index is 1.93. The van der Waals surface area contributed by atoms with Crippen LogP contribution < -0.4 is 4.90 Å². The third-order valence-corrected chi connectivity index (χ3v) is 6.76. The number of halogens is 2. The van der Waals surface area contributed by atoms with E-state index < -0.39 is 0 Å². The van der Waals surface area contributed by atoms with E-state index in [-0.39, 0.29) is 35.3 Å². The fraction of sp³-hybridized carbons (Fsp3) is 0.320. The van der Waals surface area contributed by atoms with Crippen molar-refractivity contribution in [2.24, 2.45) is 4.99 Å². The van der Waals surface area contributed by atoms with Crippen molar-refractivity contribution in [2.75, 3.05) is 10.7 Å². The van der Waals surface area contributed by atoms with Gasteiger partial charge in [0.2, 0.25) is 5.91 Å². The van der Waals surface area contributed by atoms with Gasteiger partial charge in [-0.25, -0.2) is 4.99 Å². The van der Waals surface area contributed by atoms with Gasteiger partial charge in [0.05, 0.1) is 21.5 Å². The maximum absolute atomic E-state index is 13.3. The maximum atomic E-state index is 13.3. The van der Waals surface area contributed by atoms with Gasteiger partial charge in [-0.15, -0.1) is 0 Å². The SMILES string of the molecule is Cc1ccc(N2C(=O)/C(=C/c3ccc(Cl)c(Cl)c3)N=C2SCC(=O)N(C(C)C)C(C)C)cc1. The van der Waals surface area contributed by atoms with Crippen molar-refractivity contribution in [2.45, 2.75) is 46.7 Å². The molecular weight excluding hydrogens is 477 g/mol. The third-order valence-electron chi connectivity index (χ3n) is 5.09. The van der Waals surface area contributed by atoms with Crippen molar-refractivity contribution in [3.05, 3.63) is 69.3 Å². The Hall–Kier alpha value is -2.28. The highest BCUT2D eigenvalue weighted by atomic mass is 35.5. The minimum Gasteiger partial charge on any atom is -0.337 e. The van der Waals surface area contributed by atoms with Crippen LogP contribution in [0.1, 0.15) is 38.8 Å². The topological polar surface area (TPSA) is 53.0 Å². The second kappa shape index (κ2) is 10.8. The first-order valence-electron chi connectivity index (χ1n) is 10.7. The van der Waals surface area contributed by atoms with Gasteiger partial charge in [0.1, 0.15) is 5.70 Å². The summed E-state index contributed by atoms with van der Waals surface area (Å²) in [7, 11) is 0. The van der Waals surface area contributed by atoms with E-state index in [9.17, 15) is 9.59 Å². The van der Waals surface area contributed by atoms with Crippen LogP contribution in [0, 0.1) is 6.92 Å². The number of thioether (sulfide) groups is 1. The summed E-state index contributed by atoms with van der Waals surface area (Å²) in [5.41, 5.74) is 2.77. The van der Waals surface area contributed by atoms with E-state index in [4.69, 9.17) is 23.2 Å². The van der Waals surface area contributed by atoms with E-state index in [0.29, 0.717) is 26.5 Å². The quantitative estimate of drug-likeness (QED) is 0.427. The molecule has 0 atom stereocenters. The Bertz CT molecular complexity index is 1100. The maximum Gasteiger partial charge on any atom is 0.283 e. The third kappa shape index (κ3) is 5.99. The number of nitrogens with zero attached hydrogens (tertiary/aromatic N) is 3. The van der Waals surface area contributed by atoms with Gasteiger partial charge in [-0.3, -0.25) is 14.5 Å². The van der Waals surface area contributed by atoms with Gasteiger partial charge in [0.25, 0.3) is 5.91 Å². The molecule has 1 aliphatic rings. The molecule has 174 valence electrons. The lowest BCUT2D eigenvalue weighted by Crippen LogP contribution is -2.43. The van der Waals surface area contributed by atoms with Crippen LogP contribution in [-0.4, -0.2) is 39.7 Å². The molecule has 8 heteroatoms. The molecular formula is C25H27Cl2N3O2S. The van der Waals surface area contributed by atoms with Gasteiger partial charge in [-0.2, -0.15) is 0 Å². The van der Waals surface area contributed by atoms with Crippen LogP contribution in [0.5, 0.6) is 0 Å². The summed E-state index contributed by atoms with van der Waals surface area (Å²) in [4.78, 5) is 34.2. The molecule has 0 aliphatic carbocycles. The zero-order valence-electron chi connectivity index (χ0n) is 19.3. The van der Waals surface area contributed by atoms with Gasteiger partial charge >= 0.3 is 0 Å². The summed E-state index contributed by atoms with van der Waals surface area (Å²) in [6.45, 7) is 9.97. The standard InChI is InChI=1S/C25H27Cl2N3O2S/c1-15(2)29(16(3)4)23(31)14-33-25-28-22(13-18-8-11-20(26)21(27)12-18)24(32)30(25)19-9-6-17(5)7-10-19/h6-13,15-16H,14H2,1-5H3/b22-13-. The average molecular weight is 504 g/mol.